The van der Waals surface area contributed by atoms with Crippen LogP contribution in [0.3, 0.4) is 0 Å². The summed E-state index contributed by atoms with van der Waals surface area (Å²) in [4.78, 5) is 3.11. The summed E-state index contributed by atoms with van der Waals surface area (Å²) in [5, 5.41) is 0. The number of imidazole rings is 1. The Labute approximate surface area is 118 Å². The van der Waals surface area contributed by atoms with Crippen LogP contribution in [0.4, 0.5) is 4.39 Å². The van der Waals surface area contributed by atoms with Crippen molar-refractivity contribution in [1.29, 1.82) is 0 Å². The molecule has 2 aromatic rings. The quantitative estimate of drug-likeness (QED) is 0.810. The van der Waals surface area contributed by atoms with Crippen molar-refractivity contribution >= 4 is 12.2 Å². The van der Waals surface area contributed by atoms with Crippen molar-refractivity contribution in [2.75, 3.05) is 0 Å². The van der Waals surface area contributed by atoms with Crippen molar-refractivity contribution in [3.63, 3.8) is 0 Å². The number of halogens is 1. The molecule has 102 valence electrons. The Balaban J connectivity index is 2.25. The summed E-state index contributed by atoms with van der Waals surface area (Å²) in [5.74, 6) is 0.223. The van der Waals surface area contributed by atoms with Crippen molar-refractivity contribution in [3.05, 3.63) is 52.3 Å². The van der Waals surface area contributed by atoms with Gasteiger partial charge in [-0.3, -0.25) is 0 Å². The number of nitrogens with one attached hydrogen (secondary N) is 1. The molecule has 2 nitrogen and oxygen atoms in total. The van der Waals surface area contributed by atoms with Crippen LogP contribution in [0.25, 0.3) is 0 Å². The summed E-state index contributed by atoms with van der Waals surface area (Å²) < 4.78 is 15.8. The Bertz CT molecular complexity index is 595. The van der Waals surface area contributed by atoms with E-state index in [0.29, 0.717) is 5.92 Å². The number of H-pyrrole nitrogens is 1. The molecular weight excluding hydrogens is 259 g/mol. The minimum atomic E-state index is -0.197. The Morgan fingerprint density at radius 3 is 2.42 bits per heavy atom. The van der Waals surface area contributed by atoms with Gasteiger partial charge in [0.05, 0.1) is 0 Å². The van der Waals surface area contributed by atoms with E-state index in [-0.39, 0.29) is 11.9 Å². The lowest BCUT2D eigenvalue weighted by molar-refractivity contribution is 0.508. The SMILES string of the molecule is CC(C)c1c[nH]c(=S)n1C(C)Cc1ccc(F)cc1. The lowest BCUT2D eigenvalue weighted by atomic mass is 10.1. The van der Waals surface area contributed by atoms with Gasteiger partial charge in [0.1, 0.15) is 5.82 Å². The Kier molecular flexibility index (Phi) is 4.20. The molecule has 0 fully saturated rings. The van der Waals surface area contributed by atoms with Gasteiger partial charge in [-0.2, -0.15) is 0 Å². The molecule has 1 aromatic heterocycles. The minimum absolute atomic E-state index is 0.197. The highest BCUT2D eigenvalue weighted by Crippen LogP contribution is 2.22. The van der Waals surface area contributed by atoms with Crippen molar-refractivity contribution in [2.45, 2.75) is 39.2 Å². The molecule has 0 saturated heterocycles. The third-order valence-electron chi connectivity index (χ3n) is 3.32. The summed E-state index contributed by atoms with van der Waals surface area (Å²) in [6, 6.07) is 6.92. The number of aromatic amines is 1. The van der Waals surface area contributed by atoms with Crippen molar-refractivity contribution in [1.82, 2.24) is 9.55 Å². The van der Waals surface area contributed by atoms with E-state index in [9.17, 15) is 4.39 Å². The van der Waals surface area contributed by atoms with Gasteiger partial charge < -0.3 is 9.55 Å². The first-order valence-electron chi connectivity index (χ1n) is 6.53. The largest absolute Gasteiger partial charge is 0.337 e. The zero-order valence-electron chi connectivity index (χ0n) is 11.5. The fourth-order valence-electron chi connectivity index (χ4n) is 2.34. The number of benzene rings is 1. The topological polar surface area (TPSA) is 20.7 Å². The van der Waals surface area contributed by atoms with E-state index in [0.717, 1.165) is 16.8 Å². The van der Waals surface area contributed by atoms with Gasteiger partial charge in [-0.05, 0) is 49.2 Å². The molecule has 0 bridgehead atoms. The molecule has 0 aliphatic rings. The molecule has 0 aliphatic heterocycles. The molecule has 2 rings (SSSR count). The van der Waals surface area contributed by atoms with Gasteiger partial charge in [0.15, 0.2) is 4.77 Å². The zero-order valence-corrected chi connectivity index (χ0v) is 12.3. The monoisotopic (exact) mass is 278 g/mol. The number of hydrogen-bond acceptors (Lipinski definition) is 1. The van der Waals surface area contributed by atoms with Crippen LogP contribution in [0.2, 0.25) is 0 Å². The average Bonchev–Trinajstić information content (AvgIpc) is 2.74. The first kappa shape index (κ1) is 14.0. The molecule has 1 heterocycles. The van der Waals surface area contributed by atoms with E-state index in [1.807, 2.05) is 18.3 Å². The van der Waals surface area contributed by atoms with Crippen molar-refractivity contribution < 1.29 is 4.39 Å². The normalized spacial score (nSPS) is 12.9. The second-order valence-corrected chi connectivity index (χ2v) is 5.61. The summed E-state index contributed by atoms with van der Waals surface area (Å²) in [6.45, 7) is 6.44. The van der Waals surface area contributed by atoms with Gasteiger partial charge in [0.25, 0.3) is 0 Å². The highest BCUT2D eigenvalue weighted by molar-refractivity contribution is 7.71. The van der Waals surface area contributed by atoms with Gasteiger partial charge in [0, 0.05) is 17.9 Å². The first-order valence-corrected chi connectivity index (χ1v) is 6.94. The maximum atomic E-state index is 12.9. The van der Waals surface area contributed by atoms with E-state index >= 15 is 0 Å². The maximum absolute atomic E-state index is 12.9. The summed E-state index contributed by atoms with van der Waals surface area (Å²) in [5.41, 5.74) is 2.33. The molecule has 19 heavy (non-hydrogen) atoms. The zero-order chi connectivity index (χ0) is 14.0. The Morgan fingerprint density at radius 2 is 1.84 bits per heavy atom. The van der Waals surface area contributed by atoms with Crippen LogP contribution in [0.1, 0.15) is 44.0 Å². The van der Waals surface area contributed by atoms with Crippen LogP contribution in [-0.4, -0.2) is 9.55 Å². The highest BCUT2D eigenvalue weighted by atomic mass is 32.1. The number of nitrogens with zero attached hydrogens (tertiary/aromatic N) is 1. The van der Waals surface area contributed by atoms with E-state index < -0.39 is 0 Å². The third-order valence-corrected chi connectivity index (χ3v) is 3.63. The predicted octanol–water partition coefficient (Wildman–Crippen LogP) is 4.61. The summed E-state index contributed by atoms with van der Waals surface area (Å²) in [6.07, 6.45) is 2.82. The van der Waals surface area contributed by atoms with Crippen LogP contribution in [0.5, 0.6) is 0 Å². The second-order valence-electron chi connectivity index (χ2n) is 5.22. The van der Waals surface area contributed by atoms with Crippen LogP contribution in [0.15, 0.2) is 30.5 Å². The molecule has 1 atom stereocenters. The number of aromatic nitrogens is 2. The van der Waals surface area contributed by atoms with Crippen molar-refractivity contribution in [2.24, 2.45) is 0 Å². The number of hydrogen-bond donors (Lipinski definition) is 1. The summed E-state index contributed by atoms with van der Waals surface area (Å²) in [7, 11) is 0. The maximum Gasteiger partial charge on any atom is 0.177 e. The molecule has 0 aliphatic carbocycles. The molecular formula is C15H19FN2S. The van der Waals surface area contributed by atoms with E-state index in [2.05, 4.69) is 30.3 Å². The molecule has 1 N–H and O–H groups in total. The lowest BCUT2D eigenvalue weighted by Crippen LogP contribution is -2.12. The smallest absolute Gasteiger partial charge is 0.177 e. The second kappa shape index (κ2) is 5.70. The molecule has 0 spiro atoms. The van der Waals surface area contributed by atoms with Gasteiger partial charge in [-0.25, -0.2) is 4.39 Å². The Morgan fingerprint density at radius 1 is 1.21 bits per heavy atom. The average molecular weight is 278 g/mol. The van der Waals surface area contributed by atoms with Gasteiger partial charge >= 0.3 is 0 Å². The van der Waals surface area contributed by atoms with E-state index in [4.69, 9.17) is 12.2 Å². The van der Waals surface area contributed by atoms with Gasteiger partial charge in [-0.15, -0.1) is 0 Å². The molecule has 0 radical (unpaired) electrons. The molecule has 1 unspecified atom stereocenters. The van der Waals surface area contributed by atoms with Crippen LogP contribution in [-0.2, 0) is 6.42 Å². The minimum Gasteiger partial charge on any atom is -0.337 e. The fraction of sp³-hybridized carbons (Fsp3) is 0.400. The van der Waals surface area contributed by atoms with Crippen LogP contribution >= 0.6 is 12.2 Å². The first-order chi connectivity index (χ1) is 8.99. The molecule has 0 amide bonds. The van der Waals surface area contributed by atoms with Crippen molar-refractivity contribution in [3.8, 4) is 0 Å². The standard InChI is InChI=1S/C15H19FN2S/c1-10(2)14-9-17-15(19)18(14)11(3)8-12-4-6-13(16)7-5-12/h4-7,9-11H,8H2,1-3H3,(H,17,19). The Hall–Kier alpha value is -1.42. The lowest BCUT2D eigenvalue weighted by Gasteiger charge is -2.18. The van der Waals surface area contributed by atoms with Crippen LogP contribution < -0.4 is 0 Å². The van der Waals surface area contributed by atoms with Crippen LogP contribution in [0, 0.1) is 10.6 Å². The highest BCUT2D eigenvalue weighted by Gasteiger charge is 2.14. The number of rotatable bonds is 4. The van der Waals surface area contributed by atoms with Gasteiger partial charge in [-0.1, -0.05) is 26.0 Å². The van der Waals surface area contributed by atoms with E-state index in [1.165, 1.54) is 17.8 Å². The summed E-state index contributed by atoms with van der Waals surface area (Å²) >= 11 is 5.35. The third kappa shape index (κ3) is 3.13. The van der Waals surface area contributed by atoms with E-state index in [1.54, 1.807) is 0 Å². The fourth-order valence-corrected chi connectivity index (χ4v) is 2.69. The predicted molar refractivity (Wildman–Crippen MR) is 78.5 cm³/mol. The molecule has 1 aromatic carbocycles. The molecule has 4 heteroatoms. The van der Waals surface area contributed by atoms with Gasteiger partial charge in [0.2, 0.25) is 0 Å². The molecule has 0 saturated carbocycles.